The highest BCUT2D eigenvalue weighted by atomic mass is 16.5. The number of methoxy groups -OCH3 is 1. The minimum absolute atomic E-state index is 0.278. The lowest BCUT2D eigenvalue weighted by molar-refractivity contribution is 0.101. The van der Waals surface area contributed by atoms with E-state index >= 15 is 0 Å². The zero-order chi connectivity index (χ0) is 16.5. The fourth-order valence-electron chi connectivity index (χ4n) is 2.72. The molecule has 0 unspecified atom stereocenters. The van der Waals surface area contributed by atoms with Crippen molar-refractivity contribution in [3.05, 3.63) is 66.2 Å². The Hall–Kier alpha value is -3.28. The molecule has 0 saturated carbocycles. The molecular formula is C18H15N3O3. The van der Waals surface area contributed by atoms with Gasteiger partial charge in [-0.3, -0.25) is 9.36 Å². The number of fused-ring (bicyclic) bond motifs is 3. The summed E-state index contributed by atoms with van der Waals surface area (Å²) in [4.78, 5) is 16.9. The van der Waals surface area contributed by atoms with Gasteiger partial charge in [0.25, 0.3) is 5.91 Å². The number of imidazole rings is 1. The smallest absolute Gasteiger partial charge is 0.276 e. The zero-order valence-corrected chi connectivity index (χ0v) is 13.0. The molecule has 120 valence electrons. The van der Waals surface area contributed by atoms with Crippen LogP contribution in [-0.4, -0.2) is 22.6 Å². The van der Waals surface area contributed by atoms with Crippen LogP contribution >= 0.6 is 0 Å². The summed E-state index contributed by atoms with van der Waals surface area (Å²) in [6, 6.07) is 14.9. The van der Waals surface area contributed by atoms with Gasteiger partial charge in [0.2, 0.25) is 0 Å². The summed E-state index contributed by atoms with van der Waals surface area (Å²) in [6.45, 7) is 0.303. The lowest BCUT2D eigenvalue weighted by Crippen LogP contribution is -2.19. The van der Waals surface area contributed by atoms with Gasteiger partial charge in [-0.25, -0.2) is 4.98 Å². The summed E-state index contributed by atoms with van der Waals surface area (Å²) >= 11 is 0. The maximum atomic E-state index is 12.6. The van der Waals surface area contributed by atoms with E-state index < -0.39 is 0 Å². The predicted octanol–water partition coefficient (Wildman–Crippen LogP) is 3.03. The third kappa shape index (κ3) is 2.38. The molecule has 1 aliphatic rings. The molecule has 6 nitrogen and oxygen atoms in total. The molecule has 0 saturated heterocycles. The molecular weight excluding hydrogens is 306 g/mol. The van der Waals surface area contributed by atoms with E-state index in [0.717, 1.165) is 17.1 Å². The van der Waals surface area contributed by atoms with Gasteiger partial charge in [-0.2, -0.15) is 0 Å². The number of benzene rings is 2. The Labute approximate surface area is 138 Å². The summed E-state index contributed by atoms with van der Waals surface area (Å²) in [5, 5.41) is 2.84. The van der Waals surface area contributed by atoms with Crippen molar-refractivity contribution in [3.63, 3.8) is 0 Å². The number of carbonyl (C=O) groups is 1. The number of ether oxygens (including phenoxy) is 2. The monoisotopic (exact) mass is 321 g/mol. The highest BCUT2D eigenvalue weighted by Gasteiger charge is 2.24. The summed E-state index contributed by atoms with van der Waals surface area (Å²) < 4.78 is 12.8. The second-order valence-electron chi connectivity index (χ2n) is 5.35. The first-order valence-electron chi connectivity index (χ1n) is 7.50. The Morgan fingerprint density at radius 1 is 1.25 bits per heavy atom. The van der Waals surface area contributed by atoms with Crippen molar-refractivity contribution in [3.8, 4) is 17.2 Å². The molecule has 2 heterocycles. The van der Waals surface area contributed by atoms with Crippen LogP contribution < -0.4 is 14.8 Å². The first-order valence-corrected chi connectivity index (χ1v) is 7.50. The molecule has 0 aliphatic carbocycles. The summed E-state index contributed by atoms with van der Waals surface area (Å²) in [6.07, 6.45) is 1.65. The summed E-state index contributed by atoms with van der Waals surface area (Å²) in [5.74, 6) is 1.18. The van der Waals surface area contributed by atoms with Crippen LogP contribution in [0.25, 0.3) is 5.69 Å². The Morgan fingerprint density at radius 3 is 3.00 bits per heavy atom. The maximum absolute atomic E-state index is 12.6. The van der Waals surface area contributed by atoms with Crippen molar-refractivity contribution >= 4 is 11.6 Å². The van der Waals surface area contributed by atoms with Crippen molar-refractivity contribution in [2.75, 3.05) is 12.4 Å². The molecule has 0 atom stereocenters. The molecule has 3 aromatic rings. The number of para-hydroxylation sites is 2. The minimum atomic E-state index is -0.278. The van der Waals surface area contributed by atoms with Crippen LogP contribution in [0.3, 0.4) is 0 Å². The molecule has 0 spiro atoms. The summed E-state index contributed by atoms with van der Waals surface area (Å²) in [7, 11) is 1.58. The molecule has 1 aromatic heterocycles. The number of hydrogen-bond acceptors (Lipinski definition) is 4. The first-order chi connectivity index (χ1) is 11.8. The zero-order valence-electron chi connectivity index (χ0n) is 13.0. The van der Waals surface area contributed by atoms with E-state index in [0.29, 0.717) is 23.7 Å². The molecule has 6 heteroatoms. The average Bonchev–Trinajstić information content (AvgIpc) is 3.06. The lowest BCUT2D eigenvalue weighted by Gasteiger charge is -2.20. The Bertz CT molecular complexity index is 917. The molecule has 0 fully saturated rings. The largest absolute Gasteiger partial charge is 0.497 e. The van der Waals surface area contributed by atoms with Crippen LogP contribution in [-0.2, 0) is 6.61 Å². The molecule has 1 aliphatic heterocycles. The molecule has 4 rings (SSSR count). The van der Waals surface area contributed by atoms with Gasteiger partial charge in [0.1, 0.15) is 24.4 Å². The van der Waals surface area contributed by atoms with Crippen LogP contribution in [0.1, 0.15) is 16.2 Å². The van der Waals surface area contributed by atoms with Crippen molar-refractivity contribution in [2.24, 2.45) is 0 Å². The molecule has 24 heavy (non-hydrogen) atoms. The number of aromatic nitrogens is 2. The fourth-order valence-corrected chi connectivity index (χ4v) is 2.72. The number of amides is 1. The van der Waals surface area contributed by atoms with Crippen LogP contribution in [0.5, 0.6) is 11.5 Å². The van der Waals surface area contributed by atoms with Gasteiger partial charge in [-0.05, 0) is 24.3 Å². The maximum Gasteiger partial charge on any atom is 0.276 e. The van der Waals surface area contributed by atoms with Crippen LogP contribution in [0.4, 0.5) is 5.69 Å². The normalized spacial score (nSPS) is 11.9. The second kappa shape index (κ2) is 5.73. The number of carbonyl (C=O) groups excluding carboxylic acids is 1. The van der Waals surface area contributed by atoms with Gasteiger partial charge >= 0.3 is 0 Å². The number of nitrogens with one attached hydrogen (secondary N) is 1. The molecule has 0 radical (unpaired) electrons. The predicted molar refractivity (Wildman–Crippen MR) is 88.8 cm³/mol. The van der Waals surface area contributed by atoms with E-state index in [9.17, 15) is 4.79 Å². The Balaban J connectivity index is 1.64. The van der Waals surface area contributed by atoms with E-state index in [2.05, 4.69) is 10.3 Å². The van der Waals surface area contributed by atoms with Crippen molar-refractivity contribution in [1.82, 2.24) is 9.55 Å². The molecule has 0 bridgehead atoms. The molecule has 1 N–H and O–H groups in total. The van der Waals surface area contributed by atoms with E-state index in [1.165, 1.54) is 0 Å². The molecule has 2 aromatic carbocycles. The number of rotatable bonds is 3. The van der Waals surface area contributed by atoms with Gasteiger partial charge in [0.15, 0.2) is 5.69 Å². The Morgan fingerprint density at radius 2 is 2.12 bits per heavy atom. The van der Waals surface area contributed by atoms with Gasteiger partial charge in [-0.1, -0.05) is 18.2 Å². The lowest BCUT2D eigenvalue weighted by atomic mass is 10.2. The van der Waals surface area contributed by atoms with E-state index in [-0.39, 0.29) is 5.91 Å². The highest BCUT2D eigenvalue weighted by molar-refractivity contribution is 6.04. The highest BCUT2D eigenvalue weighted by Crippen LogP contribution is 2.30. The van der Waals surface area contributed by atoms with Crippen LogP contribution in [0.2, 0.25) is 0 Å². The molecule has 1 amide bonds. The van der Waals surface area contributed by atoms with Gasteiger partial charge in [0.05, 0.1) is 18.5 Å². The van der Waals surface area contributed by atoms with Crippen molar-refractivity contribution < 1.29 is 14.3 Å². The number of anilines is 1. The third-order valence-corrected chi connectivity index (χ3v) is 3.90. The van der Waals surface area contributed by atoms with Crippen molar-refractivity contribution in [2.45, 2.75) is 6.61 Å². The van der Waals surface area contributed by atoms with E-state index in [1.54, 1.807) is 25.6 Å². The van der Waals surface area contributed by atoms with E-state index in [1.807, 2.05) is 41.0 Å². The number of hydrogen-bond donors (Lipinski definition) is 1. The third-order valence-electron chi connectivity index (χ3n) is 3.90. The van der Waals surface area contributed by atoms with Crippen molar-refractivity contribution in [1.29, 1.82) is 0 Å². The quantitative estimate of drug-likeness (QED) is 0.805. The standard InChI is InChI=1S/C18H15N3O3/c1-23-13-6-4-5-12(9-13)20-18(22)17-15-10-24-16-8-3-2-7-14(16)21(15)11-19-17/h2-9,11H,10H2,1H3,(H,20,22). The SMILES string of the molecule is COc1cccc(NC(=O)c2ncn3c2COc2ccccc2-3)c1. The van der Waals surface area contributed by atoms with Gasteiger partial charge in [-0.15, -0.1) is 0 Å². The minimum Gasteiger partial charge on any atom is -0.497 e. The number of nitrogens with zero attached hydrogens (tertiary/aromatic N) is 2. The summed E-state index contributed by atoms with van der Waals surface area (Å²) in [5.41, 5.74) is 2.62. The van der Waals surface area contributed by atoms with Gasteiger partial charge < -0.3 is 14.8 Å². The van der Waals surface area contributed by atoms with E-state index in [4.69, 9.17) is 9.47 Å². The fraction of sp³-hybridized carbons (Fsp3) is 0.111. The Kier molecular flexibility index (Phi) is 3.42. The first kappa shape index (κ1) is 14.3. The van der Waals surface area contributed by atoms with Gasteiger partial charge in [0, 0.05) is 11.8 Å². The van der Waals surface area contributed by atoms with Crippen LogP contribution in [0.15, 0.2) is 54.9 Å². The average molecular weight is 321 g/mol. The van der Waals surface area contributed by atoms with Crippen LogP contribution in [0, 0.1) is 0 Å². The second-order valence-corrected chi connectivity index (χ2v) is 5.35. The topological polar surface area (TPSA) is 65.4 Å².